The molecule has 0 atom stereocenters. The third-order valence-corrected chi connectivity index (χ3v) is 5.11. The summed E-state index contributed by atoms with van der Waals surface area (Å²) in [4.78, 5) is 20.8. The molecule has 174 valence electrons. The van der Waals surface area contributed by atoms with Crippen molar-refractivity contribution in [3.63, 3.8) is 0 Å². The van der Waals surface area contributed by atoms with Gasteiger partial charge in [0, 0.05) is 29.3 Å². The molecule has 4 rings (SSSR count). The molecule has 0 aliphatic carbocycles. The average Bonchev–Trinajstić information content (AvgIpc) is 2.82. The summed E-state index contributed by atoms with van der Waals surface area (Å²) < 4.78 is 52.2. The van der Waals surface area contributed by atoms with Gasteiger partial charge in [0.15, 0.2) is 5.65 Å². The molecule has 0 spiro atoms. The SMILES string of the molecule is O=C(CCCc1ccc2cccnc2n1)NCc1ccc(-c2ccc(F)c(C(F)(F)F)c2)nn1. The van der Waals surface area contributed by atoms with E-state index in [1.807, 2.05) is 24.3 Å². The van der Waals surface area contributed by atoms with Gasteiger partial charge in [0.2, 0.25) is 5.91 Å². The van der Waals surface area contributed by atoms with Gasteiger partial charge in [-0.15, -0.1) is 0 Å². The van der Waals surface area contributed by atoms with Crippen LogP contribution in [0.2, 0.25) is 0 Å². The van der Waals surface area contributed by atoms with Gasteiger partial charge < -0.3 is 5.32 Å². The van der Waals surface area contributed by atoms with E-state index in [4.69, 9.17) is 0 Å². The van der Waals surface area contributed by atoms with E-state index in [0.717, 1.165) is 17.1 Å². The fourth-order valence-corrected chi connectivity index (χ4v) is 3.35. The number of nitrogens with one attached hydrogen (secondary N) is 1. The third-order valence-electron chi connectivity index (χ3n) is 5.11. The first kappa shape index (κ1) is 23.2. The van der Waals surface area contributed by atoms with Gasteiger partial charge in [-0.3, -0.25) is 4.79 Å². The maximum absolute atomic E-state index is 13.5. The van der Waals surface area contributed by atoms with Crippen LogP contribution in [0.1, 0.15) is 29.8 Å². The number of hydrogen-bond acceptors (Lipinski definition) is 5. The fraction of sp³-hybridized carbons (Fsp3) is 0.208. The Morgan fingerprint density at radius 3 is 2.56 bits per heavy atom. The van der Waals surface area contributed by atoms with E-state index >= 15 is 0 Å². The molecular formula is C24H19F4N5O. The molecule has 3 heterocycles. The molecule has 1 amide bonds. The van der Waals surface area contributed by atoms with Crippen LogP contribution in [0.4, 0.5) is 17.6 Å². The Labute approximate surface area is 192 Å². The van der Waals surface area contributed by atoms with E-state index in [1.54, 1.807) is 12.3 Å². The molecule has 0 aliphatic heterocycles. The van der Waals surface area contributed by atoms with E-state index in [2.05, 4.69) is 25.5 Å². The topological polar surface area (TPSA) is 80.7 Å². The smallest absolute Gasteiger partial charge is 0.350 e. The lowest BCUT2D eigenvalue weighted by Gasteiger charge is -2.10. The first-order valence-corrected chi connectivity index (χ1v) is 10.5. The van der Waals surface area contributed by atoms with Gasteiger partial charge in [-0.25, -0.2) is 14.4 Å². The summed E-state index contributed by atoms with van der Waals surface area (Å²) in [5.41, 5.74) is 0.861. The Balaban J connectivity index is 1.28. The monoisotopic (exact) mass is 469 g/mol. The minimum absolute atomic E-state index is 0.0920. The summed E-state index contributed by atoms with van der Waals surface area (Å²) >= 11 is 0. The first-order chi connectivity index (χ1) is 16.3. The number of carbonyl (C=O) groups excluding carboxylic acids is 1. The van der Waals surface area contributed by atoms with Crippen molar-refractivity contribution in [2.45, 2.75) is 32.0 Å². The van der Waals surface area contributed by atoms with Crippen LogP contribution in [0.25, 0.3) is 22.3 Å². The Morgan fingerprint density at radius 2 is 1.79 bits per heavy atom. The van der Waals surface area contributed by atoms with Crippen molar-refractivity contribution >= 4 is 16.9 Å². The number of amides is 1. The number of aromatic nitrogens is 4. The Bertz CT molecular complexity index is 1310. The highest BCUT2D eigenvalue weighted by molar-refractivity contribution is 5.76. The molecule has 3 aromatic heterocycles. The molecule has 6 nitrogen and oxygen atoms in total. The largest absolute Gasteiger partial charge is 0.419 e. The predicted octanol–water partition coefficient (Wildman–Crippen LogP) is 4.88. The van der Waals surface area contributed by atoms with Gasteiger partial charge >= 0.3 is 6.18 Å². The molecule has 0 radical (unpaired) electrons. The zero-order valence-electron chi connectivity index (χ0n) is 17.8. The maximum Gasteiger partial charge on any atom is 0.419 e. The van der Waals surface area contributed by atoms with Crippen molar-refractivity contribution in [3.8, 4) is 11.3 Å². The standard InChI is InChI=1S/C24H19F4N5O/c25-20-10-7-16(13-19(20)24(26,27)28)21-11-9-18(32-33-21)14-30-22(34)5-1-4-17-8-6-15-3-2-12-29-23(15)31-17/h2-3,6-13H,1,4-5,14H2,(H,30,34). The number of aryl methyl sites for hydroxylation is 1. The van der Waals surface area contributed by atoms with Gasteiger partial charge in [-0.05, 0) is 67.4 Å². The van der Waals surface area contributed by atoms with Gasteiger partial charge in [-0.2, -0.15) is 23.4 Å². The number of carbonyl (C=O) groups is 1. The summed E-state index contributed by atoms with van der Waals surface area (Å²) in [5, 5.41) is 11.5. The summed E-state index contributed by atoms with van der Waals surface area (Å²) in [5.74, 6) is -1.52. The van der Waals surface area contributed by atoms with E-state index < -0.39 is 17.6 Å². The van der Waals surface area contributed by atoms with Gasteiger partial charge in [0.25, 0.3) is 0 Å². The molecule has 0 aliphatic rings. The van der Waals surface area contributed by atoms with Crippen LogP contribution in [0.3, 0.4) is 0 Å². The molecule has 0 saturated heterocycles. The maximum atomic E-state index is 13.5. The summed E-state index contributed by atoms with van der Waals surface area (Å²) in [6.07, 6.45) is -1.59. The highest BCUT2D eigenvalue weighted by Crippen LogP contribution is 2.33. The van der Waals surface area contributed by atoms with Crippen molar-refractivity contribution in [3.05, 3.63) is 83.6 Å². The minimum Gasteiger partial charge on any atom is -0.350 e. The quantitative estimate of drug-likeness (QED) is 0.390. The molecule has 1 aromatic carbocycles. The number of rotatable bonds is 7. The lowest BCUT2D eigenvalue weighted by molar-refractivity contribution is -0.140. The minimum atomic E-state index is -4.81. The molecule has 10 heteroatoms. The lowest BCUT2D eigenvalue weighted by atomic mass is 10.1. The molecule has 4 aromatic rings. The summed E-state index contributed by atoms with van der Waals surface area (Å²) in [6, 6.07) is 13.3. The third kappa shape index (κ3) is 5.69. The van der Waals surface area contributed by atoms with Crippen LogP contribution in [0.5, 0.6) is 0 Å². The van der Waals surface area contributed by atoms with Gasteiger partial charge in [0.1, 0.15) is 5.82 Å². The molecule has 1 N–H and O–H groups in total. The number of pyridine rings is 2. The number of hydrogen-bond donors (Lipinski definition) is 1. The van der Waals surface area contributed by atoms with Crippen LogP contribution in [0.15, 0.2) is 60.8 Å². The average molecular weight is 469 g/mol. The van der Waals surface area contributed by atoms with Gasteiger partial charge in [-0.1, -0.05) is 0 Å². The summed E-state index contributed by atoms with van der Waals surface area (Å²) in [7, 11) is 0. The second-order valence-electron chi connectivity index (χ2n) is 7.59. The van der Waals surface area contributed by atoms with Crippen LogP contribution < -0.4 is 5.32 Å². The van der Waals surface area contributed by atoms with E-state index in [-0.39, 0.29) is 23.7 Å². The molecule has 0 fully saturated rings. The van der Waals surface area contributed by atoms with E-state index in [9.17, 15) is 22.4 Å². The highest BCUT2D eigenvalue weighted by Gasteiger charge is 2.34. The second kappa shape index (κ2) is 9.90. The second-order valence-corrected chi connectivity index (χ2v) is 7.59. The normalized spacial score (nSPS) is 11.5. The van der Waals surface area contributed by atoms with Crippen LogP contribution in [-0.4, -0.2) is 26.1 Å². The number of halogens is 4. The number of alkyl halides is 3. The van der Waals surface area contributed by atoms with Crippen molar-refractivity contribution in [1.82, 2.24) is 25.5 Å². The molecule has 0 saturated carbocycles. The van der Waals surface area contributed by atoms with Crippen molar-refractivity contribution in [1.29, 1.82) is 0 Å². The van der Waals surface area contributed by atoms with Gasteiger partial charge in [0.05, 0.1) is 23.5 Å². The number of nitrogens with zero attached hydrogens (tertiary/aromatic N) is 4. The Morgan fingerprint density at radius 1 is 0.971 bits per heavy atom. The predicted molar refractivity (Wildman–Crippen MR) is 117 cm³/mol. The van der Waals surface area contributed by atoms with Crippen molar-refractivity contribution in [2.24, 2.45) is 0 Å². The zero-order valence-corrected chi connectivity index (χ0v) is 17.8. The van der Waals surface area contributed by atoms with Crippen molar-refractivity contribution < 1.29 is 22.4 Å². The highest BCUT2D eigenvalue weighted by atomic mass is 19.4. The van der Waals surface area contributed by atoms with E-state index in [1.165, 1.54) is 12.1 Å². The molecular weight excluding hydrogens is 450 g/mol. The Hall–Kier alpha value is -3.95. The Kier molecular flexibility index (Phi) is 6.76. The fourth-order valence-electron chi connectivity index (χ4n) is 3.35. The van der Waals surface area contributed by atoms with Crippen LogP contribution in [-0.2, 0) is 23.9 Å². The lowest BCUT2D eigenvalue weighted by Crippen LogP contribution is -2.23. The molecule has 34 heavy (non-hydrogen) atoms. The molecule has 0 unspecified atom stereocenters. The number of fused-ring (bicyclic) bond motifs is 1. The number of benzene rings is 1. The molecule has 0 bridgehead atoms. The van der Waals surface area contributed by atoms with Crippen molar-refractivity contribution in [2.75, 3.05) is 0 Å². The first-order valence-electron chi connectivity index (χ1n) is 10.5. The van der Waals surface area contributed by atoms with Crippen LogP contribution in [0, 0.1) is 5.82 Å². The zero-order chi connectivity index (χ0) is 24.1. The summed E-state index contributed by atoms with van der Waals surface area (Å²) in [6.45, 7) is 0.126. The van der Waals surface area contributed by atoms with E-state index in [0.29, 0.717) is 36.7 Å². The van der Waals surface area contributed by atoms with Crippen LogP contribution >= 0.6 is 0 Å².